The van der Waals surface area contributed by atoms with Crippen molar-refractivity contribution in [2.45, 2.75) is 71.1 Å². The molecule has 1 nitrogen and oxygen atoms in total. The number of hydrogen-bond donors (Lipinski definition) is 0. The van der Waals surface area contributed by atoms with Crippen molar-refractivity contribution < 1.29 is 34.0 Å². The van der Waals surface area contributed by atoms with E-state index in [4.69, 9.17) is 0 Å². The topological polar surface area (TPSA) is 0 Å². The zero-order valence-corrected chi connectivity index (χ0v) is 16.5. The van der Waals surface area contributed by atoms with Crippen molar-refractivity contribution in [3.8, 4) is 0 Å². The summed E-state index contributed by atoms with van der Waals surface area (Å²) in [6.45, 7) is 3.62. The van der Waals surface area contributed by atoms with Gasteiger partial charge in [0.05, 0.1) is 27.7 Å². The molecule has 0 heterocycles. The van der Waals surface area contributed by atoms with Gasteiger partial charge in [-0.1, -0.05) is 58.3 Å². The first-order chi connectivity index (χ1) is 7.56. The molecule has 0 N–H and O–H groups in total. The third-order valence-corrected chi connectivity index (χ3v) is 3.18. The minimum Gasteiger partial charge on any atom is -0.331 e. The number of nitrogens with zero attached hydrogens (tertiary/aromatic N) is 1. The largest absolute Gasteiger partial charge is 1.00 e. The Labute approximate surface area is 144 Å². The zero-order valence-electron chi connectivity index (χ0n) is 13.6. The Morgan fingerprint density at radius 2 is 0.944 bits per heavy atom. The molecule has 0 unspecified atom stereocenters. The molecule has 0 fully saturated rings. The Bertz CT molecular complexity index is 146. The Kier molecular flexibility index (Phi) is 22.0. The second kappa shape index (κ2) is 16.3. The van der Waals surface area contributed by atoms with Crippen LogP contribution in [-0.4, -0.2) is 32.2 Å². The SMILES string of the molecule is CCCCCCCCCCCC[N+](C)(C)C.Cl.[Na+]. The van der Waals surface area contributed by atoms with Gasteiger partial charge in [0.15, 0.2) is 0 Å². The molecule has 0 aromatic rings. The third kappa shape index (κ3) is 22.4. The summed E-state index contributed by atoms with van der Waals surface area (Å²) >= 11 is 0. The molecule has 0 aliphatic carbocycles. The minimum atomic E-state index is 0. The summed E-state index contributed by atoms with van der Waals surface area (Å²) in [5, 5.41) is 0. The molecule has 0 spiro atoms. The van der Waals surface area contributed by atoms with Gasteiger partial charge in [-0.15, -0.1) is 12.4 Å². The molecular weight excluding hydrogens is 253 g/mol. The molecule has 18 heavy (non-hydrogen) atoms. The van der Waals surface area contributed by atoms with Gasteiger partial charge in [0.1, 0.15) is 0 Å². The second-order valence-electron chi connectivity index (χ2n) is 6.20. The van der Waals surface area contributed by atoms with E-state index in [1.165, 1.54) is 70.8 Å². The molecule has 0 rings (SSSR count). The normalized spacial score (nSPS) is 10.7. The summed E-state index contributed by atoms with van der Waals surface area (Å²) in [4.78, 5) is 0. The van der Waals surface area contributed by atoms with Crippen LogP contribution in [0.1, 0.15) is 71.1 Å². The molecular formula is C15H35ClNNa+2. The maximum Gasteiger partial charge on any atom is 1.00 e. The quantitative estimate of drug-likeness (QED) is 0.310. The van der Waals surface area contributed by atoms with Crippen LogP contribution in [0.4, 0.5) is 0 Å². The fraction of sp³-hybridized carbons (Fsp3) is 1.00. The Morgan fingerprint density at radius 1 is 0.611 bits per heavy atom. The van der Waals surface area contributed by atoms with Gasteiger partial charge in [-0.25, -0.2) is 0 Å². The smallest absolute Gasteiger partial charge is 0.331 e. The summed E-state index contributed by atoms with van der Waals surface area (Å²) in [7, 11) is 6.86. The Morgan fingerprint density at radius 3 is 1.28 bits per heavy atom. The number of unbranched alkanes of at least 4 members (excludes halogenated alkanes) is 9. The molecule has 0 atom stereocenters. The number of halogens is 1. The van der Waals surface area contributed by atoms with E-state index in [-0.39, 0.29) is 42.0 Å². The first kappa shape index (κ1) is 24.3. The fourth-order valence-electron chi connectivity index (χ4n) is 2.07. The minimum absolute atomic E-state index is 0. The molecule has 0 aromatic heterocycles. The van der Waals surface area contributed by atoms with E-state index in [9.17, 15) is 0 Å². The fourth-order valence-corrected chi connectivity index (χ4v) is 2.07. The summed E-state index contributed by atoms with van der Waals surface area (Å²) < 4.78 is 1.12. The van der Waals surface area contributed by atoms with E-state index in [1.807, 2.05) is 0 Å². The van der Waals surface area contributed by atoms with E-state index in [1.54, 1.807) is 0 Å². The molecule has 0 aromatic carbocycles. The molecule has 0 radical (unpaired) electrons. The van der Waals surface area contributed by atoms with Crippen molar-refractivity contribution in [3.05, 3.63) is 0 Å². The van der Waals surface area contributed by atoms with Crippen molar-refractivity contribution in [1.82, 2.24) is 0 Å². The van der Waals surface area contributed by atoms with E-state index >= 15 is 0 Å². The van der Waals surface area contributed by atoms with Crippen LogP contribution in [0.5, 0.6) is 0 Å². The molecule has 106 valence electrons. The standard InChI is InChI=1S/C15H34N.ClH.Na/c1-5-6-7-8-9-10-11-12-13-14-15-16(2,3)4;;/h5-15H2,1-4H3;1H;/q+1;;+1. The van der Waals surface area contributed by atoms with E-state index in [0.29, 0.717) is 0 Å². The van der Waals surface area contributed by atoms with Crippen molar-refractivity contribution in [3.63, 3.8) is 0 Å². The molecule has 3 heteroatoms. The van der Waals surface area contributed by atoms with Crippen LogP contribution in [0.2, 0.25) is 0 Å². The van der Waals surface area contributed by atoms with Crippen LogP contribution in [0, 0.1) is 0 Å². The maximum absolute atomic E-state index is 2.29. The predicted octanol–water partition coefficient (Wildman–Crippen LogP) is 2.04. The zero-order chi connectivity index (χ0) is 12.3. The van der Waals surface area contributed by atoms with Crippen molar-refractivity contribution >= 4 is 12.4 Å². The van der Waals surface area contributed by atoms with Crippen molar-refractivity contribution in [2.24, 2.45) is 0 Å². The van der Waals surface area contributed by atoms with Crippen LogP contribution in [0.25, 0.3) is 0 Å². The molecule has 0 amide bonds. The number of hydrogen-bond acceptors (Lipinski definition) is 0. The van der Waals surface area contributed by atoms with Gasteiger partial charge in [-0.2, -0.15) is 0 Å². The number of quaternary nitrogens is 1. The molecule has 0 aliphatic rings. The first-order valence-corrected chi connectivity index (χ1v) is 7.36. The van der Waals surface area contributed by atoms with Gasteiger partial charge in [-0.3, -0.25) is 0 Å². The van der Waals surface area contributed by atoms with Gasteiger partial charge in [-0.05, 0) is 12.8 Å². The Hall–Kier alpha value is 1.25. The van der Waals surface area contributed by atoms with Gasteiger partial charge in [0.25, 0.3) is 0 Å². The Balaban J connectivity index is -0.00000112. The van der Waals surface area contributed by atoms with Gasteiger partial charge in [0, 0.05) is 0 Å². The number of rotatable bonds is 11. The predicted molar refractivity (Wildman–Crippen MR) is 82.0 cm³/mol. The van der Waals surface area contributed by atoms with Crippen LogP contribution in [0.15, 0.2) is 0 Å². The average Bonchev–Trinajstić information content (AvgIpc) is 2.19. The summed E-state index contributed by atoms with van der Waals surface area (Å²) in [6, 6.07) is 0. The van der Waals surface area contributed by atoms with Crippen LogP contribution in [0.3, 0.4) is 0 Å². The second-order valence-corrected chi connectivity index (χ2v) is 6.20. The maximum atomic E-state index is 2.29. The van der Waals surface area contributed by atoms with Gasteiger partial charge >= 0.3 is 29.6 Å². The average molecular weight is 288 g/mol. The van der Waals surface area contributed by atoms with E-state index < -0.39 is 0 Å². The van der Waals surface area contributed by atoms with Gasteiger partial charge < -0.3 is 4.48 Å². The van der Waals surface area contributed by atoms with Crippen LogP contribution >= 0.6 is 12.4 Å². The third-order valence-electron chi connectivity index (χ3n) is 3.18. The molecule has 0 saturated heterocycles. The van der Waals surface area contributed by atoms with E-state index in [2.05, 4.69) is 28.1 Å². The summed E-state index contributed by atoms with van der Waals surface area (Å²) in [5.74, 6) is 0. The summed E-state index contributed by atoms with van der Waals surface area (Å²) in [6.07, 6.45) is 14.4. The van der Waals surface area contributed by atoms with Crippen molar-refractivity contribution in [2.75, 3.05) is 27.7 Å². The first-order valence-electron chi connectivity index (χ1n) is 7.36. The van der Waals surface area contributed by atoms with Crippen LogP contribution < -0.4 is 29.6 Å². The molecule has 0 aliphatic heterocycles. The monoisotopic (exact) mass is 287 g/mol. The van der Waals surface area contributed by atoms with Crippen LogP contribution in [-0.2, 0) is 0 Å². The van der Waals surface area contributed by atoms with E-state index in [0.717, 1.165) is 4.48 Å². The van der Waals surface area contributed by atoms with Crippen molar-refractivity contribution in [1.29, 1.82) is 0 Å². The summed E-state index contributed by atoms with van der Waals surface area (Å²) in [5.41, 5.74) is 0. The molecule has 0 saturated carbocycles. The molecule has 0 bridgehead atoms. The van der Waals surface area contributed by atoms with Gasteiger partial charge in [0.2, 0.25) is 0 Å².